The van der Waals surface area contributed by atoms with Crippen LogP contribution in [0.25, 0.3) is 0 Å². The first-order valence-electron chi connectivity index (χ1n) is 5.71. The summed E-state index contributed by atoms with van der Waals surface area (Å²) >= 11 is 9.46. The molecule has 0 bridgehead atoms. The van der Waals surface area contributed by atoms with E-state index in [2.05, 4.69) is 0 Å². The van der Waals surface area contributed by atoms with Gasteiger partial charge in [0.25, 0.3) is 0 Å². The maximum absolute atomic E-state index is 12.7. The number of nitrogen functional groups attached to an aromatic ring is 1. The Balaban J connectivity index is 1.80. The fourth-order valence-corrected chi connectivity index (χ4v) is 3.63. The lowest BCUT2D eigenvalue weighted by Gasteiger charge is -2.05. The van der Waals surface area contributed by atoms with Crippen LogP contribution in [-0.4, -0.2) is 11.5 Å². The molecule has 5 heteroatoms. The quantitative estimate of drug-likeness (QED) is 0.481. The van der Waals surface area contributed by atoms with E-state index in [-0.39, 0.29) is 5.82 Å². The highest BCUT2D eigenvalue weighted by atomic mass is 35.5. The van der Waals surface area contributed by atoms with Crippen LogP contribution in [0.15, 0.2) is 52.3 Å². The van der Waals surface area contributed by atoms with Gasteiger partial charge < -0.3 is 5.73 Å². The molecule has 0 aromatic heterocycles. The summed E-state index contributed by atoms with van der Waals surface area (Å²) in [5, 5.41) is 0.728. The van der Waals surface area contributed by atoms with Gasteiger partial charge in [-0.15, -0.1) is 23.5 Å². The maximum Gasteiger partial charge on any atom is 0.123 e. The molecule has 2 aromatic carbocycles. The van der Waals surface area contributed by atoms with Crippen LogP contribution in [-0.2, 0) is 0 Å². The van der Waals surface area contributed by atoms with Gasteiger partial charge in [-0.05, 0) is 42.5 Å². The normalized spacial score (nSPS) is 10.6. The number of thioether (sulfide) groups is 2. The van der Waals surface area contributed by atoms with Crippen LogP contribution in [0.3, 0.4) is 0 Å². The van der Waals surface area contributed by atoms with E-state index in [9.17, 15) is 4.39 Å². The molecule has 2 rings (SSSR count). The van der Waals surface area contributed by atoms with Gasteiger partial charge in [-0.3, -0.25) is 0 Å². The highest BCUT2D eigenvalue weighted by Crippen LogP contribution is 2.30. The van der Waals surface area contributed by atoms with E-state index in [1.54, 1.807) is 41.7 Å². The van der Waals surface area contributed by atoms with Gasteiger partial charge in [-0.1, -0.05) is 11.6 Å². The molecule has 2 aromatic rings. The second-order valence-corrected chi connectivity index (χ2v) is 6.55. The Morgan fingerprint density at radius 2 is 1.68 bits per heavy atom. The van der Waals surface area contributed by atoms with Gasteiger partial charge in [0.1, 0.15) is 5.82 Å². The van der Waals surface area contributed by atoms with Gasteiger partial charge in [0, 0.05) is 27.0 Å². The fraction of sp³-hybridized carbons (Fsp3) is 0.143. The molecule has 0 unspecified atom stereocenters. The third-order valence-electron chi connectivity index (χ3n) is 2.38. The number of rotatable bonds is 5. The predicted molar refractivity (Wildman–Crippen MR) is 83.7 cm³/mol. The van der Waals surface area contributed by atoms with Crippen molar-refractivity contribution < 1.29 is 4.39 Å². The molecule has 0 aliphatic heterocycles. The van der Waals surface area contributed by atoms with Crippen molar-refractivity contribution in [3.8, 4) is 0 Å². The SMILES string of the molecule is Nc1ccc(Cl)c(SCCSc2ccc(F)cc2)c1. The van der Waals surface area contributed by atoms with Gasteiger partial charge >= 0.3 is 0 Å². The monoisotopic (exact) mass is 313 g/mol. The van der Waals surface area contributed by atoms with Crippen molar-refractivity contribution in [1.29, 1.82) is 0 Å². The molecule has 0 saturated carbocycles. The average Bonchev–Trinajstić information content (AvgIpc) is 2.40. The summed E-state index contributed by atoms with van der Waals surface area (Å²) in [7, 11) is 0. The van der Waals surface area contributed by atoms with Crippen LogP contribution < -0.4 is 5.73 Å². The summed E-state index contributed by atoms with van der Waals surface area (Å²) in [6.07, 6.45) is 0. The van der Waals surface area contributed by atoms with E-state index in [4.69, 9.17) is 17.3 Å². The lowest BCUT2D eigenvalue weighted by atomic mass is 10.3. The van der Waals surface area contributed by atoms with Crippen molar-refractivity contribution >= 4 is 40.8 Å². The zero-order chi connectivity index (χ0) is 13.7. The van der Waals surface area contributed by atoms with Crippen LogP contribution in [0.5, 0.6) is 0 Å². The maximum atomic E-state index is 12.7. The molecule has 0 amide bonds. The number of hydrogen-bond donors (Lipinski definition) is 1. The summed E-state index contributed by atoms with van der Waals surface area (Å²) in [6.45, 7) is 0. The van der Waals surface area contributed by atoms with Crippen molar-refractivity contribution in [2.24, 2.45) is 0 Å². The van der Waals surface area contributed by atoms with E-state index in [1.165, 1.54) is 12.1 Å². The van der Waals surface area contributed by atoms with E-state index >= 15 is 0 Å². The average molecular weight is 314 g/mol. The molecule has 1 nitrogen and oxygen atoms in total. The molecule has 0 aliphatic carbocycles. The summed E-state index contributed by atoms with van der Waals surface area (Å²) < 4.78 is 12.7. The first kappa shape index (κ1) is 14.6. The highest BCUT2D eigenvalue weighted by Gasteiger charge is 2.02. The van der Waals surface area contributed by atoms with E-state index in [1.807, 2.05) is 12.1 Å². The van der Waals surface area contributed by atoms with Crippen molar-refractivity contribution in [3.63, 3.8) is 0 Å². The Kier molecular flexibility index (Phi) is 5.43. The molecule has 2 N–H and O–H groups in total. The minimum absolute atomic E-state index is 0.203. The van der Waals surface area contributed by atoms with Gasteiger partial charge in [-0.2, -0.15) is 0 Å². The van der Waals surface area contributed by atoms with Gasteiger partial charge in [0.15, 0.2) is 0 Å². The van der Waals surface area contributed by atoms with Crippen molar-refractivity contribution in [3.05, 3.63) is 53.3 Å². The molecule has 0 saturated heterocycles. The van der Waals surface area contributed by atoms with Crippen LogP contribution in [0, 0.1) is 5.82 Å². The first-order chi connectivity index (χ1) is 9.15. The number of benzene rings is 2. The van der Waals surface area contributed by atoms with Crippen LogP contribution in [0.4, 0.5) is 10.1 Å². The molecular formula is C14H13ClFNS2. The molecule has 0 atom stereocenters. The van der Waals surface area contributed by atoms with Gasteiger partial charge in [-0.25, -0.2) is 4.39 Å². The van der Waals surface area contributed by atoms with Gasteiger partial charge in [0.05, 0.1) is 5.02 Å². The predicted octanol–water partition coefficient (Wildman–Crippen LogP) is 4.95. The standard InChI is InChI=1S/C14H13ClFNS2/c15-13-6-3-11(17)9-14(13)19-8-7-18-12-4-1-10(16)2-5-12/h1-6,9H,7-8,17H2. The lowest BCUT2D eigenvalue weighted by molar-refractivity contribution is 0.626. The van der Waals surface area contributed by atoms with E-state index < -0.39 is 0 Å². The third-order valence-corrected chi connectivity index (χ3v) is 5.15. The largest absolute Gasteiger partial charge is 0.399 e. The fourth-order valence-electron chi connectivity index (χ4n) is 1.47. The number of halogens is 2. The summed E-state index contributed by atoms with van der Waals surface area (Å²) in [5.74, 6) is 1.65. The Hall–Kier alpha value is -0.840. The second kappa shape index (κ2) is 7.08. The summed E-state index contributed by atoms with van der Waals surface area (Å²) in [5.41, 5.74) is 6.44. The van der Waals surface area contributed by atoms with E-state index in [0.29, 0.717) is 0 Å². The minimum atomic E-state index is -0.203. The summed E-state index contributed by atoms with van der Waals surface area (Å²) in [4.78, 5) is 2.07. The molecule has 0 radical (unpaired) electrons. The number of nitrogens with two attached hydrogens (primary N) is 1. The second-order valence-electron chi connectivity index (χ2n) is 3.84. The molecule has 19 heavy (non-hydrogen) atoms. The Morgan fingerprint density at radius 3 is 2.42 bits per heavy atom. The molecule has 0 fully saturated rings. The Morgan fingerprint density at radius 1 is 1.00 bits per heavy atom. The molecular weight excluding hydrogens is 301 g/mol. The van der Waals surface area contributed by atoms with E-state index in [0.717, 1.165) is 32.0 Å². The highest BCUT2D eigenvalue weighted by molar-refractivity contribution is 8.03. The van der Waals surface area contributed by atoms with Crippen LogP contribution in [0.2, 0.25) is 5.02 Å². The molecule has 0 aliphatic rings. The Labute approximate surface area is 125 Å². The smallest absolute Gasteiger partial charge is 0.123 e. The number of anilines is 1. The zero-order valence-electron chi connectivity index (χ0n) is 10.1. The molecule has 0 spiro atoms. The third kappa shape index (κ3) is 4.64. The Bertz CT molecular complexity index is 546. The number of hydrogen-bond acceptors (Lipinski definition) is 3. The zero-order valence-corrected chi connectivity index (χ0v) is 12.5. The van der Waals surface area contributed by atoms with Gasteiger partial charge in [0.2, 0.25) is 0 Å². The molecule has 100 valence electrons. The minimum Gasteiger partial charge on any atom is -0.399 e. The molecule has 0 heterocycles. The lowest BCUT2D eigenvalue weighted by Crippen LogP contribution is -1.88. The van der Waals surface area contributed by atoms with Crippen molar-refractivity contribution in [2.45, 2.75) is 9.79 Å². The summed E-state index contributed by atoms with van der Waals surface area (Å²) in [6, 6.07) is 12.0. The van der Waals surface area contributed by atoms with Crippen LogP contribution in [0.1, 0.15) is 0 Å². The topological polar surface area (TPSA) is 26.0 Å². The first-order valence-corrected chi connectivity index (χ1v) is 8.06. The van der Waals surface area contributed by atoms with Crippen molar-refractivity contribution in [1.82, 2.24) is 0 Å². The van der Waals surface area contributed by atoms with Crippen molar-refractivity contribution in [2.75, 3.05) is 17.2 Å². The van der Waals surface area contributed by atoms with Crippen LogP contribution >= 0.6 is 35.1 Å².